The minimum Gasteiger partial charge on any atom is -0.496 e. The molecule has 1 aliphatic heterocycles. The molecule has 1 aromatic rings. The van der Waals surface area contributed by atoms with E-state index in [4.69, 9.17) is 4.74 Å². The molecule has 1 heterocycles. The van der Waals surface area contributed by atoms with Crippen molar-refractivity contribution in [1.82, 2.24) is 9.80 Å². The highest BCUT2D eigenvalue weighted by atomic mass is 16.5. The Hall–Kier alpha value is -1.06. The number of ether oxygens (including phenoxy) is 1. The number of benzene rings is 1. The van der Waals surface area contributed by atoms with Crippen LogP contribution in [-0.4, -0.2) is 55.7 Å². The van der Waals surface area contributed by atoms with Crippen LogP contribution < -0.4 is 4.74 Å². The summed E-state index contributed by atoms with van der Waals surface area (Å²) < 4.78 is 5.61. The molecule has 0 spiro atoms. The van der Waals surface area contributed by atoms with Crippen molar-refractivity contribution in [2.45, 2.75) is 89.0 Å². The molecule has 1 saturated carbocycles. The summed E-state index contributed by atoms with van der Waals surface area (Å²) in [6, 6.07) is 7.58. The van der Waals surface area contributed by atoms with Crippen LogP contribution >= 0.6 is 0 Å². The Kier molecular flexibility index (Phi) is 7.90. The van der Waals surface area contributed by atoms with E-state index >= 15 is 0 Å². The molecular weight excluding hydrogens is 356 g/mol. The van der Waals surface area contributed by atoms with E-state index in [2.05, 4.69) is 28.0 Å². The smallest absolute Gasteiger partial charge is 0.122 e. The van der Waals surface area contributed by atoms with Gasteiger partial charge in [0.25, 0.3) is 0 Å². The third-order valence-corrected chi connectivity index (χ3v) is 7.83. The standard InChI is InChI=1S/C26H42N2O/c1-29-26-16-9-14-24-22(11-8-15-25(24)26)10-4-3-7-17-27-18-20-28(21-19-27)23-12-5-2-6-13-23/h9,14,16,22-23H,2-8,10-13,15,17-21H2,1H3. The monoisotopic (exact) mass is 398 g/mol. The Labute approximate surface area is 178 Å². The van der Waals surface area contributed by atoms with Crippen molar-refractivity contribution < 1.29 is 4.74 Å². The van der Waals surface area contributed by atoms with Gasteiger partial charge in [-0.2, -0.15) is 0 Å². The van der Waals surface area contributed by atoms with Crippen molar-refractivity contribution in [2.24, 2.45) is 0 Å². The molecule has 1 atom stereocenters. The molecular formula is C26H42N2O. The number of unbranched alkanes of at least 4 members (excludes halogenated alkanes) is 2. The summed E-state index contributed by atoms with van der Waals surface area (Å²) in [5, 5.41) is 0. The van der Waals surface area contributed by atoms with Crippen molar-refractivity contribution >= 4 is 0 Å². The molecule has 1 saturated heterocycles. The molecule has 0 aromatic heterocycles. The van der Waals surface area contributed by atoms with Gasteiger partial charge in [-0.1, -0.05) is 44.2 Å². The second kappa shape index (κ2) is 10.8. The Bertz CT molecular complexity index is 617. The van der Waals surface area contributed by atoms with E-state index in [9.17, 15) is 0 Å². The second-order valence-electron chi connectivity index (χ2n) is 9.64. The molecule has 2 fully saturated rings. The van der Waals surface area contributed by atoms with E-state index in [0.717, 1.165) is 17.7 Å². The fourth-order valence-electron chi connectivity index (χ4n) is 6.11. The van der Waals surface area contributed by atoms with Crippen molar-refractivity contribution in [3.8, 4) is 5.75 Å². The Morgan fingerprint density at radius 2 is 1.72 bits per heavy atom. The molecule has 3 heteroatoms. The quantitative estimate of drug-likeness (QED) is 0.528. The average Bonchev–Trinajstić information content (AvgIpc) is 2.79. The number of methoxy groups -OCH3 is 1. The van der Waals surface area contributed by atoms with Crippen LogP contribution in [0.1, 0.15) is 87.7 Å². The van der Waals surface area contributed by atoms with Crippen LogP contribution in [0.2, 0.25) is 0 Å². The summed E-state index contributed by atoms with van der Waals surface area (Å²) in [5.74, 6) is 1.87. The number of hydrogen-bond donors (Lipinski definition) is 0. The van der Waals surface area contributed by atoms with Crippen LogP contribution in [0.3, 0.4) is 0 Å². The third kappa shape index (κ3) is 5.55. The van der Waals surface area contributed by atoms with E-state index in [0.29, 0.717) is 0 Å². The van der Waals surface area contributed by atoms with Crippen molar-refractivity contribution in [2.75, 3.05) is 39.8 Å². The first-order valence-electron chi connectivity index (χ1n) is 12.5. The third-order valence-electron chi connectivity index (χ3n) is 7.83. The SMILES string of the molecule is COc1cccc2c1CCCC2CCCCCN1CCN(C2CCCCC2)CC1. The van der Waals surface area contributed by atoms with Gasteiger partial charge >= 0.3 is 0 Å². The van der Waals surface area contributed by atoms with Crippen LogP contribution in [0, 0.1) is 0 Å². The molecule has 3 aliphatic rings. The zero-order valence-corrected chi connectivity index (χ0v) is 18.7. The van der Waals surface area contributed by atoms with E-state index < -0.39 is 0 Å². The highest BCUT2D eigenvalue weighted by molar-refractivity contribution is 5.43. The highest BCUT2D eigenvalue weighted by Crippen LogP contribution is 2.39. The van der Waals surface area contributed by atoms with Crippen LogP contribution in [0.15, 0.2) is 18.2 Å². The molecule has 1 aromatic carbocycles. The van der Waals surface area contributed by atoms with Crippen molar-refractivity contribution in [3.63, 3.8) is 0 Å². The number of fused-ring (bicyclic) bond motifs is 1. The minimum absolute atomic E-state index is 0.757. The first kappa shape index (κ1) is 21.2. The van der Waals surface area contributed by atoms with Gasteiger partial charge in [0.2, 0.25) is 0 Å². The van der Waals surface area contributed by atoms with Crippen LogP contribution in [0.25, 0.3) is 0 Å². The largest absolute Gasteiger partial charge is 0.496 e. The van der Waals surface area contributed by atoms with Crippen molar-refractivity contribution in [1.29, 1.82) is 0 Å². The lowest BCUT2D eigenvalue weighted by molar-refractivity contribution is 0.0781. The predicted molar refractivity (Wildman–Crippen MR) is 122 cm³/mol. The number of nitrogens with zero attached hydrogens (tertiary/aromatic N) is 2. The van der Waals surface area contributed by atoms with Gasteiger partial charge in [0, 0.05) is 32.2 Å². The fourth-order valence-corrected chi connectivity index (χ4v) is 6.11. The fraction of sp³-hybridized carbons (Fsp3) is 0.769. The molecule has 0 bridgehead atoms. The van der Waals surface area contributed by atoms with Gasteiger partial charge in [0.1, 0.15) is 5.75 Å². The van der Waals surface area contributed by atoms with Gasteiger partial charge in [-0.15, -0.1) is 0 Å². The van der Waals surface area contributed by atoms with Gasteiger partial charge in [0.05, 0.1) is 7.11 Å². The summed E-state index contributed by atoms with van der Waals surface area (Å²) >= 11 is 0. The maximum Gasteiger partial charge on any atom is 0.122 e. The summed E-state index contributed by atoms with van der Waals surface area (Å²) in [7, 11) is 1.81. The minimum atomic E-state index is 0.757. The maximum absolute atomic E-state index is 5.61. The van der Waals surface area contributed by atoms with Gasteiger partial charge in [0.15, 0.2) is 0 Å². The lowest BCUT2D eigenvalue weighted by Gasteiger charge is -2.40. The van der Waals surface area contributed by atoms with Crippen LogP contribution in [0.4, 0.5) is 0 Å². The number of rotatable bonds is 8. The van der Waals surface area contributed by atoms with E-state index in [1.54, 1.807) is 5.56 Å². The van der Waals surface area contributed by atoms with Crippen LogP contribution in [-0.2, 0) is 6.42 Å². The molecule has 2 aliphatic carbocycles. The summed E-state index contributed by atoms with van der Waals surface area (Å²) in [6.07, 6.45) is 16.7. The maximum atomic E-state index is 5.61. The Balaban J connectivity index is 1.13. The molecule has 162 valence electrons. The van der Waals surface area contributed by atoms with E-state index in [-0.39, 0.29) is 0 Å². The molecule has 0 amide bonds. The van der Waals surface area contributed by atoms with Gasteiger partial charge in [-0.05, 0) is 74.6 Å². The molecule has 1 unspecified atom stereocenters. The van der Waals surface area contributed by atoms with E-state index in [1.165, 1.54) is 115 Å². The van der Waals surface area contributed by atoms with Gasteiger partial charge < -0.3 is 9.64 Å². The number of piperazine rings is 1. The normalized spacial score (nSPS) is 24.4. The lowest BCUT2D eigenvalue weighted by atomic mass is 9.80. The van der Waals surface area contributed by atoms with Crippen LogP contribution in [0.5, 0.6) is 5.75 Å². The summed E-state index contributed by atoms with van der Waals surface area (Å²) in [4.78, 5) is 5.52. The highest BCUT2D eigenvalue weighted by Gasteiger charge is 2.25. The van der Waals surface area contributed by atoms with Crippen molar-refractivity contribution in [3.05, 3.63) is 29.3 Å². The molecule has 0 N–H and O–H groups in total. The molecule has 4 rings (SSSR count). The van der Waals surface area contributed by atoms with Gasteiger partial charge in [-0.3, -0.25) is 4.90 Å². The summed E-state index contributed by atoms with van der Waals surface area (Å²) in [6.45, 7) is 6.53. The van der Waals surface area contributed by atoms with E-state index in [1.807, 2.05) is 7.11 Å². The predicted octanol–water partition coefficient (Wildman–Crippen LogP) is 5.63. The Morgan fingerprint density at radius 1 is 0.897 bits per heavy atom. The average molecular weight is 399 g/mol. The first-order chi connectivity index (χ1) is 14.3. The molecule has 29 heavy (non-hydrogen) atoms. The first-order valence-corrected chi connectivity index (χ1v) is 12.5. The molecule has 3 nitrogen and oxygen atoms in total. The zero-order valence-electron chi connectivity index (χ0n) is 18.7. The number of hydrogen-bond acceptors (Lipinski definition) is 3. The van der Waals surface area contributed by atoms with Gasteiger partial charge in [-0.25, -0.2) is 0 Å². The molecule has 0 radical (unpaired) electrons. The Morgan fingerprint density at radius 3 is 2.52 bits per heavy atom. The topological polar surface area (TPSA) is 15.7 Å². The lowest BCUT2D eigenvalue weighted by Crippen LogP contribution is -2.50. The summed E-state index contributed by atoms with van der Waals surface area (Å²) in [5.41, 5.74) is 3.07. The zero-order chi connectivity index (χ0) is 19.9. The second-order valence-corrected chi connectivity index (χ2v) is 9.64.